The van der Waals surface area contributed by atoms with Crippen LogP contribution in [-0.4, -0.2) is 36.5 Å². The molecular weight excluding hydrogens is 335 g/mol. The second kappa shape index (κ2) is 7.52. The van der Waals surface area contributed by atoms with Crippen LogP contribution in [0.1, 0.15) is 35.5 Å². The standard InChI is InChI=1S/C19H25FN4S/c1-14-23-17(12-25-14)11-24(3)18(21-2)22-13-19(9-4-10-19)15-5-7-16(20)8-6-15/h5-8,12H,4,9-11,13H2,1-3H3,(H,21,22). The summed E-state index contributed by atoms with van der Waals surface area (Å²) >= 11 is 1.67. The van der Waals surface area contributed by atoms with Crippen molar-refractivity contribution in [3.05, 3.63) is 51.7 Å². The van der Waals surface area contributed by atoms with Crippen LogP contribution in [0.25, 0.3) is 0 Å². The molecule has 1 fully saturated rings. The molecule has 0 atom stereocenters. The number of aliphatic imine (C=N–C) groups is 1. The van der Waals surface area contributed by atoms with E-state index in [1.54, 1.807) is 30.5 Å². The summed E-state index contributed by atoms with van der Waals surface area (Å²) in [7, 11) is 3.83. The Labute approximate surface area is 152 Å². The number of nitrogens with one attached hydrogen (secondary N) is 1. The number of thiazole rings is 1. The van der Waals surface area contributed by atoms with Crippen molar-refractivity contribution in [3.8, 4) is 0 Å². The zero-order valence-corrected chi connectivity index (χ0v) is 15.9. The Kier molecular flexibility index (Phi) is 5.37. The number of aryl methyl sites for hydroxylation is 1. The monoisotopic (exact) mass is 360 g/mol. The van der Waals surface area contributed by atoms with Gasteiger partial charge in [0.05, 0.1) is 17.2 Å². The third-order valence-corrected chi connectivity index (χ3v) is 5.81. The van der Waals surface area contributed by atoms with E-state index in [9.17, 15) is 4.39 Å². The molecule has 1 aliphatic rings. The van der Waals surface area contributed by atoms with Crippen molar-refractivity contribution in [2.75, 3.05) is 20.6 Å². The van der Waals surface area contributed by atoms with Crippen LogP contribution in [0.2, 0.25) is 0 Å². The maximum Gasteiger partial charge on any atom is 0.193 e. The highest BCUT2D eigenvalue weighted by Crippen LogP contribution is 2.43. The summed E-state index contributed by atoms with van der Waals surface area (Å²) in [6.07, 6.45) is 3.46. The topological polar surface area (TPSA) is 40.5 Å². The number of nitrogens with zero attached hydrogens (tertiary/aromatic N) is 3. The van der Waals surface area contributed by atoms with Gasteiger partial charge in [-0.15, -0.1) is 11.3 Å². The van der Waals surface area contributed by atoms with E-state index < -0.39 is 0 Å². The first kappa shape index (κ1) is 17.9. The van der Waals surface area contributed by atoms with Gasteiger partial charge in [-0.25, -0.2) is 9.37 Å². The van der Waals surface area contributed by atoms with E-state index in [4.69, 9.17) is 0 Å². The second-order valence-electron chi connectivity index (χ2n) is 6.76. The molecule has 0 saturated heterocycles. The Morgan fingerprint density at radius 1 is 1.36 bits per heavy atom. The molecule has 0 amide bonds. The van der Waals surface area contributed by atoms with E-state index in [1.807, 2.05) is 26.1 Å². The quantitative estimate of drug-likeness (QED) is 0.653. The maximum absolute atomic E-state index is 13.2. The molecule has 4 nitrogen and oxygen atoms in total. The molecule has 0 bridgehead atoms. The lowest BCUT2D eigenvalue weighted by Crippen LogP contribution is -2.49. The van der Waals surface area contributed by atoms with Gasteiger partial charge >= 0.3 is 0 Å². The second-order valence-corrected chi connectivity index (χ2v) is 7.82. The number of guanidine groups is 1. The summed E-state index contributed by atoms with van der Waals surface area (Å²) in [5.74, 6) is 0.680. The first-order valence-electron chi connectivity index (χ1n) is 8.61. The summed E-state index contributed by atoms with van der Waals surface area (Å²) in [6.45, 7) is 3.56. The van der Waals surface area contributed by atoms with Crippen LogP contribution in [0.5, 0.6) is 0 Å². The molecule has 1 saturated carbocycles. The van der Waals surface area contributed by atoms with Gasteiger partial charge in [-0.05, 0) is 37.5 Å². The van der Waals surface area contributed by atoms with Crippen LogP contribution in [0, 0.1) is 12.7 Å². The predicted octanol–water partition coefficient (Wildman–Crippen LogP) is 3.72. The molecule has 3 rings (SSSR count). The lowest BCUT2D eigenvalue weighted by molar-refractivity contribution is 0.241. The predicted molar refractivity (Wildman–Crippen MR) is 102 cm³/mol. The molecular formula is C19H25FN4S. The van der Waals surface area contributed by atoms with E-state index in [1.165, 1.54) is 12.0 Å². The molecule has 6 heteroatoms. The van der Waals surface area contributed by atoms with Crippen LogP contribution in [0.15, 0.2) is 34.6 Å². The zero-order chi connectivity index (χ0) is 17.9. The molecule has 1 aliphatic carbocycles. The Hall–Kier alpha value is -1.95. The summed E-state index contributed by atoms with van der Waals surface area (Å²) < 4.78 is 13.2. The highest BCUT2D eigenvalue weighted by Gasteiger charge is 2.38. The van der Waals surface area contributed by atoms with Gasteiger partial charge in [0, 0.05) is 31.4 Å². The average Bonchev–Trinajstić information content (AvgIpc) is 2.96. The van der Waals surface area contributed by atoms with E-state index in [0.29, 0.717) is 0 Å². The summed E-state index contributed by atoms with van der Waals surface area (Å²) in [6, 6.07) is 6.95. The van der Waals surface area contributed by atoms with E-state index >= 15 is 0 Å². The highest BCUT2D eigenvalue weighted by atomic mass is 32.1. The fourth-order valence-corrected chi connectivity index (χ4v) is 4.01. The highest BCUT2D eigenvalue weighted by molar-refractivity contribution is 7.09. The minimum absolute atomic E-state index is 0.0850. The summed E-state index contributed by atoms with van der Waals surface area (Å²) in [4.78, 5) is 11.0. The molecule has 0 unspecified atom stereocenters. The van der Waals surface area contributed by atoms with E-state index in [-0.39, 0.29) is 11.2 Å². The Morgan fingerprint density at radius 2 is 2.08 bits per heavy atom. The fourth-order valence-electron chi connectivity index (χ4n) is 3.41. The van der Waals surface area contributed by atoms with Crippen LogP contribution in [-0.2, 0) is 12.0 Å². The SMILES string of the molecule is CN=C(NCC1(c2ccc(F)cc2)CCC1)N(C)Cc1csc(C)n1. The number of aromatic nitrogens is 1. The first-order chi connectivity index (χ1) is 12.0. The molecule has 1 aromatic carbocycles. The normalized spacial score (nSPS) is 16.4. The van der Waals surface area contributed by atoms with Crippen molar-refractivity contribution in [1.29, 1.82) is 0 Å². The lowest BCUT2D eigenvalue weighted by Gasteiger charge is -2.43. The number of halogens is 1. The average molecular weight is 361 g/mol. The van der Waals surface area contributed by atoms with Gasteiger partial charge in [0.25, 0.3) is 0 Å². The van der Waals surface area contributed by atoms with Gasteiger partial charge in [-0.1, -0.05) is 18.6 Å². The van der Waals surface area contributed by atoms with Gasteiger partial charge in [0.1, 0.15) is 5.82 Å². The van der Waals surface area contributed by atoms with Crippen LogP contribution < -0.4 is 5.32 Å². The molecule has 2 aromatic rings. The number of benzene rings is 1. The van der Waals surface area contributed by atoms with Crippen molar-refractivity contribution in [2.24, 2.45) is 4.99 Å². The van der Waals surface area contributed by atoms with Gasteiger partial charge in [0.15, 0.2) is 5.96 Å². The minimum Gasteiger partial charge on any atom is -0.355 e. The fraction of sp³-hybridized carbons (Fsp3) is 0.474. The number of rotatable bonds is 5. The van der Waals surface area contributed by atoms with Gasteiger partial charge < -0.3 is 10.2 Å². The molecule has 1 N–H and O–H groups in total. The van der Waals surface area contributed by atoms with Crippen molar-refractivity contribution < 1.29 is 4.39 Å². The van der Waals surface area contributed by atoms with Crippen molar-refractivity contribution in [2.45, 2.75) is 38.1 Å². The van der Waals surface area contributed by atoms with Crippen LogP contribution >= 0.6 is 11.3 Å². The van der Waals surface area contributed by atoms with Gasteiger partial charge in [-0.3, -0.25) is 4.99 Å². The minimum atomic E-state index is -0.180. The Balaban J connectivity index is 1.64. The van der Waals surface area contributed by atoms with Gasteiger partial charge in [0.2, 0.25) is 0 Å². The molecule has 1 aromatic heterocycles. The van der Waals surface area contributed by atoms with Crippen molar-refractivity contribution >= 4 is 17.3 Å². The molecule has 25 heavy (non-hydrogen) atoms. The first-order valence-corrected chi connectivity index (χ1v) is 9.49. The van der Waals surface area contributed by atoms with E-state index in [0.717, 1.165) is 42.6 Å². The summed E-state index contributed by atoms with van der Waals surface area (Å²) in [5.41, 5.74) is 2.35. The number of hydrogen-bond acceptors (Lipinski definition) is 3. The zero-order valence-electron chi connectivity index (χ0n) is 15.1. The maximum atomic E-state index is 13.2. The molecule has 0 radical (unpaired) electrons. The molecule has 0 spiro atoms. The largest absolute Gasteiger partial charge is 0.355 e. The van der Waals surface area contributed by atoms with E-state index in [2.05, 4.69) is 25.6 Å². The van der Waals surface area contributed by atoms with Crippen molar-refractivity contribution in [3.63, 3.8) is 0 Å². The van der Waals surface area contributed by atoms with Gasteiger partial charge in [-0.2, -0.15) is 0 Å². The molecule has 134 valence electrons. The summed E-state index contributed by atoms with van der Waals surface area (Å²) in [5, 5.41) is 6.68. The molecule has 1 heterocycles. The van der Waals surface area contributed by atoms with Crippen LogP contribution in [0.3, 0.4) is 0 Å². The Morgan fingerprint density at radius 3 is 2.60 bits per heavy atom. The Bertz CT molecular complexity index is 734. The van der Waals surface area contributed by atoms with Crippen molar-refractivity contribution in [1.82, 2.24) is 15.2 Å². The van der Waals surface area contributed by atoms with Crippen LogP contribution in [0.4, 0.5) is 4.39 Å². The number of hydrogen-bond donors (Lipinski definition) is 1. The third kappa shape index (κ3) is 4.00. The molecule has 0 aliphatic heterocycles. The lowest BCUT2D eigenvalue weighted by atomic mass is 9.64. The smallest absolute Gasteiger partial charge is 0.193 e. The third-order valence-electron chi connectivity index (χ3n) is 4.99.